The quantitative estimate of drug-likeness (QED) is 0.0268. The Bertz CT molecular complexity index is 1100. The Morgan fingerprint density at radius 1 is 0.524 bits per heavy atom. The van der Waals surface area contributed by atoms with Crippen molar-refractivity contribution in [3.05, 3.63) is 48.6 Å². The van der Waals surface area contributed by atoms with E-state index in [0.717, 1.165) is 70.6 Å². The number of hydrogen-bond donors (Lipinski definition) is 4. The lowest BCUT2D eigenvalue weighted by molar-refractivity contribution is -0.305. The molecule has 0 aromatic heterocycles. The lowest BCUT2D eigenvalue weighted by atomic mass is 9.99. The third-order valence-corrected chi connectivity index (χ3v) is 12.0. The van der Waals surface area contributed by atoms with Crippen molar-refractivity contribution in [2.45, 2.75) is 263 Å². The average molecular weight is 891 g/mol. The first-order chi connectivity index (χ1) is 30.9. The van der Waals surface area contributed by atoms with Gasteiger partial charge in [-0.25, -0.2) is 0 Å². The van der Waals surface area contributed by atoms with Crippen molar-refractivity contribution in [2.75, 3.05) is 26.4 Å². The molecule has 0 aromatic carbocycles. The summed E-state index contributed by atoms with van der Waals surface area (Å²) in [6, 6.07) is 0. The number of aliphatic hydroxyl groups is 4. The number of rotatable bonds is 45. The molecule has 9 nitrogen and oxygen atoms in total. The van der Waals surface area contributed by atoms with E-state index < -0.39 is 43.4 Å². The van der Waals surface area contributed by atoms with Gasteiger partial charge in [-0.1, -0.05) is 217 Å². The molecule has 0 amide bonds. The Labute approximate surface area is 386 Å². The van der Waals surface area contributed by atoms with Crippen LogP contribution in [0.25, 0.3) is 0 Å². The van der Waals surface area contributed by atoms with Crippen LogP contribution in [-0.4, -0.2) is 89.6 Å². The predicted molar refractivity (Wildman–Crippen MR) is 261 cm³/mol. The van der Waals surface area contributed by atoms with Crippen LogP contribution in [0.15, 0.2) is 48.6 Å². The standard InChI is InChI=1S/C54H98O9/c1-3-5-7-9-11-13-15-17-19-21-22-23-24-25-26-28-30-32-34-36-38-40-42-44-60-46-48(47-61-54-53(59)52(58)51(57)49(45-55)63-54)62-50(56)43-41-39-37-35-33-31-29-27-20-18-16-14-12-10-8-6-4-2/h6,8,12,14,18,20,29,31,48-49,51-55,57-59H,3-5,7,9-11,13,15-17,19,21-28,30,32-47H2,1-2H3/b8-6-,14-12-,20-18-,31-29-. The van der Waals surface area contributed by atoms with E-state index in [-0.39, 0.29) is 19.2 Å². The van der Waals surface area contributed by atoms with Crippen LogP contribution in [0.1, 0.15) is 226 Å². The van der Waals surface area contributed by atoms with E-state index in [2.05, 4.69) is 62.5 Å². The van der Waals surface area contributed by atoms with E-state index in [1.807, 2.05) is 0 Å². The van der Waals surface area contributed by atoms with Crippen molar-refractivity contribution >= 4 is 5.97 Å². The number of carbonyl (C=O) groups excluding carboxylic acids is 1. The molecule has 0 spiro atoms. The van der Waals surface area contributed by atoms with Gasteiger partial charge in [0.1, 0.15) is 30.5 Å². The third-order valence-electron chi connectivity index (χ3n) is 12.0. The lowest BCUT2D eigenvalue weighted by Crippen LogP contribution is -2.59. The summed E-state index contributed by atoms with van der Waals surface area (Å²) in [5.41, 5.74) is 0. The number of ether oxygens (including phenoxy) is 4. The molecule has 1 rings (SSSR count). The van der Waals surface area contributed by atoms with Crippen molar-refractivity contribution in [1.29, 1.82) is 0 Å². The molecule has 6 atom stereocenters. The van der Waals surface area contributed by atoms with Gasteiger partial charge in [-0.3, -0.25) is 4.79 Å². The highest BCUT2D eigenvalue weighted by Crippen LogP contribution is 2.23. The molecule has 0 aromatic rings. The highest BCUT2D eigenvalue weighted by molar-refractivity contribution is 5.69. The van der Waals surface area contributed by atoms with Gasteiger partial charge in [0.05, 0.1) is 19.8 Å². The normalized spacial score (nSPS) is 20.0. The highest BCUT2D eigenvalue weighted by Gasteiger charge is 2.44. The van der Waals surface area contributed by atoms with Gasteiger partial charge in [0, 0.05) is 13.0 Å². The van der Waals surface area contributed by atoms with Gasteiger partial charge in [0.25, 0.3) is 0 Å². The first-order valence-corrected chi connectivity index (χ1v) is 26.2. The van der Waals surface area contributed by atoms with Crippen molar-refractivity contribution in [2.24, 2.45) is 0 Å². The number of carbonyl (C=O) groups is 1. The molecule has 1 fully saturated rings. The molecular formula is C54H98O9. The van der Waals surface area contributed by atoms with E-state index in [9.17, 15) is 25.2 Å². The maximum absolute atomic E-state index is 12.8. The second kappa shape index (κ2) is 45.3. The summed E-state index contributed by atoms with van der Waals surface area (Å²) in [5.74, 6) is -0.334. The summed E-state index contributed by atoms with van der Waals surface area (Å²) >= 11 is 0. The van der Waals surface area contributed by atoms with Crippen molar-refractivity contribution in [1.82, 2.24) is 0 Å². The second-order valence-electron chi connectivity index (χ2n) is 17.9. The number of esters is 1. The molecule has 0 saturated carbocycles. The van der Waals surface area contributed by atoms with E-state index in [0.29, 0.717) is 13.0 Å². The van der Waals surface area contributed by atoms with Gasteiger partial charge in [0.15, 0.2) is 6.29 Å². The van der Waals surface area contributed by atoms with E-state index in [4.69, 9.17) is 18.9 Å². The average Bonchev–Trinajstić information content (AvgIpc) is 3.28. The summed E-state index contributed by atoms with van der Waals surface area (Å²) in [6.45, 7) is 4.45. The fraction of sp³-hybridized carbons (Fsp3) is 0.833. The van der Waals surface area contributed by atoms with Gasteiger partial charge in [-0.05, 0) is 51.4 Å². The smallest absolute Gasteiger partial charge is 0.306 e. The minimum Gasteiger partial charge on any atom is -0.457 e. The Kier molecular flexibility index (Phi) is 42.6. The monoisotopic (exact) mass is 891 g/mol. The molecule has 0 aliphatic carbocycles. The van der Waals surface area contributed by atoms with Gasteiger partial charge in [0.2, 0.25) is 0 Å². The van der Waals surface area contributed by atoms with E-state index >= 15 is 0 Å². The molecule has 0 bridgehead atoms. The van der Waals surface area contributed by atoms with Crippen LogP contribution < -0.4 is 0 Å². The Morgan fingerprint density at radius 3 is 1.46 bits per heavy atom. The fourth-order valence-electron chi connectivity index (χ4n) is 7.96. The van der Waals surface area contributed by atoms with Crippen LogP contribution in [0.2, 0.25) is 0 Å². The zero-order valence-electron chi connectivity index (χ0n) is 40.6. The summed E-state index contributed by atoms with van der Waals surface area (Å²) in [7, 11) is 0. The van der Waals surface area contributed by atoms with Crippen LogP contribution in [0.4, 0.5) is 0 Å². The van der Waals surface area contributed by atoms with Gasteiger partial charge < -0.3 is 39.4 Å². The Morgan fingerprint density at radius 2 is 0.968 bits per heavy atom. The summed E-state index contributed by atoms with van der Waals surface area (Å²) in [5, 5.41) is 40.2. The van der Waals surface area contributed by atoms with Crippen LogP contribution in [0.3, 0.4) is 0 Å². The summed E-state index contributed by atoms with van der Waals surface area (Å²) < 4.78 is 22.9. The molecule has 368 valence electrons. The number of aliphatic hydroxyl groups excluding tert-OH is 4. The van der Waals surface area contributed by atoms with Gasteiger partial charge in [-0.2, -0.15) is 0 Å². The van der Waals surface area contributed by atoms with Crippen molar-refractivity contribution in [3.63, 3.8) is 0 Å². The maximum Gasteiger partial charge on any atom is 0.306 e. The summed E-state index contributed by atoms with van der Waals surface area (Å²) in [6.07, 6.45) is 50.1. The van der Waals surface area contributed by atoms with E-state index in [1.165, 1.54) is 135 Å². The molecule has 6 unspecified atom stereocenters. The fourth-order valence-corrected chi connectivity index (χ4v) is 7.96. The van der Waals surface area contributed by atoms with Gasteiger partial charge >= 0.3 is 5.97 Å². The molecule has 63 heavy (non-hydrogen) atoms. The van der Waals surface area contributed by atoms with Crippen LogP contribution in [0, 0.1) is 0 Å². The summed E-state index contributed by atoms with van der Waals surface area (Å²) in [4.78, 5) is 12.8. The van der Waals surface area contributed by atoms with Crippen LogP contribution in [-0.2, 0) is 23.7 Å². The molecule has 4 N–H and O–H groups in total. The molecular weight excluding hydrogens is 793 g/mol. The molecule has 0 radical (unpaired) electrons. The second-order valence-corrected chi connectivity index (χ2v) is 17.9. The third kappa shape index (κ3) is 36.0. The van der Waals surface area contributed by atoms with Crippen molar-refractivity contribution < 1.29 is 44.2 Å². The molecule has 1 aliphatic heterocycles. The number of unbranched alkanes of at least 4 members (excludes halogenated alkanes) is 26. The first kappa shape index (κ1) is 59.2. The minimum atomic E-state index is -1.54. The number of allylic oxidation sites excluding steroid dienone is 8. The largest absolute Gasteiger partial charge is 0.457 e. The van der Waals surface area contributed by atoms with Crippen LogP contribution in [0.5, 0.6) is 0 Å². The minimum absolute atomic E-state index is 0.122. The molecule has 1 aliphatic rings. The zero-order chi connectivity index (χ0) is 45.7. The highest BCUT2D eigenvalue weighted by atomic mass is 16.7. The van der Waals surface area contributed by atoms with Crippen LogP contribution >= 0.6 is 0 Å². The molecule has 9 heteroatoms. The SMILES string of the molecule is CC/C=C\C/C=C\C/C=C\C/C=C\CCCCCCC(=O)OC(COCCCCCCCCCCCCCCCCCCCCCCCCC)COC1OC(CO)C(O)C(O)C1O. The number of hydrogen-bond acceptors (Lipinski definition) is 9. The zero-order valence-corrected chi connectivity index (χ0v) is 40.6. The van der Waals surface area contributed by atoms with Crippen molar-refractivity contribution in [3.8, 4) is 0 Å². The molecule has 1 heterocycles. The first-order valence-electron chi connectivity index (χ1n) is 26.2. The maximum atomic E-state index is 12.8. The Hall–Kier alpha value is -1.85. The van der Waals surface area contributed by atoms with E-state index in [1.54, 1.807) is 0 Å². The predicted octanol–water partition coefficient (Wildman–Crippen LogP) is 12.9. The topological polar surface area (TPSA) is 135 Å². The lowest BCUT2D eigenvalue weighted by Gasteiger charge is -2.39. The Balaban J connectivity index is 2.19. The molecule has 1 saturated heterocycles. The van der Waals surface area contributed by atoms with Gasteiger partial charge in [-0.15, -0.1) is 0 Å².